The van der Waals surface area contributed by atoms with Gasteiger partial charge in [-0.15, -0.1) is 0 Å². The van der Waals surface area contributed by atoms with Gasteiger partial charge in [-0.3, -0.25) is 4.68 Å². The molecule has 0 unspecified atom stereocenters. The highest BCUT2D eigenvalue weighted by molar-refractivity contribution is 5.82. The summed E-state index contributed by atoms with van der Waals surface area (Å²) in [4.78, 5) is 0. The molecule has 0 amide bonds. The van der Waals surface area contributed by atoms with Crippen LogP contribution < -0.4 is 5.32 Å². The van der Waals surface area contributed by atoms with E-state index in [1.165, 1.54) is 23.7 Å². The topological polar surface area (TPSA) is 29.9 Å². The molecule has 1 aliphatic rings. The smallest absolute Gasteiger partial charge is 0.0841 e. The number of allylic oxidation sites excluding steroid dienone is 1. The first-order valence-corrected chi connectivity index (χ1v) is 6.56. The van der Waals surface area contributed by atoms with Crippen molar-refractivity contribution in [3.63, 3.8) is 0 Å². The van der Waals surface area contributed by atoms with Gasteiger partial charge in [-0.2, -0.15) is 5.10 Å². The molecule has 0 bridgehead atoms. The van der Waals surface area contributed by atoms with Crippen molar-refractivity contribution in [2.45, 2.75) is 38.9 Å². The maximum absolute atomic E-state index is 4.72. The van der Waals surface area contributed by atoms with Crippen molar-refractivity contribution in [2.75, 3.05) is 0 Å². The molecule has 0 atom stereocenters. The van der Waals surface area contributed by atoms with Crippen LogP contribution in [-0.4, -0.2) is 15.8 Å². The lowest BCUT2D eigenvalue weighted by Gasteiger charge is -2.01. The van der Waals surface area contributed by atoms with E-state index in [2.05, 4.69) is 40.8 Å². The van der Waals surface area contributed by atoms with Gasteiger partial charge >= 0.3 is 0 Å². The number of benzene rings is 1. The number of aromatic nitrogens is 2. The van der Waals surface area contributed by atoms with Crippen LogP contribution in [0, 0.1) is 0 Å². The first-order chi connectivity index (χ1) is 8.74. The number of para-hydroxylation sites is 1. The highest BCUT2D eigenvalue weighted by Crippen LogP contribution is 2.22. The molecule has 94 valence electrons. The van der Waals surface area contributed by atoms with Crippen molar-refractivity contribution in [3.8, 4) is 0 Å². The fraction of sp³-hybridized carbons (Fsp3) is 0.400. The van der Waals surface area contributed by atoms with Crippen LogP contribution in [-0.2, 0) is 13.1 Å². The summed E-state index contributed by atoms with van der Waals surface area (Å²) in [6, 6.07) is 9.15. The molecule has 3 rings (SSSR count). The van der Waals surface area contributed by atoms with Gasteiger partial charge in [0, 0.05) is 18.0 Å². The predicted molar refractivity (Wildman–Crippen MR) is 74.4 cm³/mol. The third-order valence-electron chi connectivity index (χ3n) is 3.29. The second-order valence-electron chi connectivity index (χ2n) is 5.23. The Morgan fingerprint density at radius 3 is 2.94 bits per heavy atom. The van der Waals surface area contributed by atoms with Crippen molar-refractivity contribution in [1.29, 1.82) is 0 Å². The van der Waals surface area contributed by atoms with Gasteiger partial charge in [0.25, 0.3) is 0 Å². The summed E-state index contributed by atoms with van der Waals surface area (Å²) in [5.41, 5.74) is 3.48. The Kier molecular flexibility index (Phi) is 2.92. The molecular formula is C15H19N3. The third kappa shape index (κ3) is 2.31. The second-order valence-corrected chi connectivity index (χ2v) is 5.23. The number of hydrogen-bond donors (Lipinski definition) is 1. The van der Waals surface area contributed by atoms with Crippen molar-refractivity contribution in [1.82, 2.24) is 15.1 Å². The molecule has 1 aromatic carbocycles. The first-order valence-electron chi connectivity index (χ1n) is 6.56. The van der Waals surface area contributed by atoms with E-state index in [9.17, 15) is 0 Å². The molecule has 0 radical (unpaired) electrons. The van der Waals surface area contributed by atoms with Gasteiger partial charge in [-0.05, 0) is 25.8 Å². The zero-order valence-electron chi connectivity index (χ0n) is 10.8. The largest absolute Gasteiger partial charge is 0.308 e. The third-order valence-corrected chi connectivity index (χ3v) is 3.29. The standard InChI is InChI=1S/C15H19N3/c1-11(2)10-18-15-6-4-3-5-13(15)14(17-18)9-16-12-7-8-12/h3-6,12,16H,1,7-10H2,2H3. The predicted octanol–water partition coefficient (Wildman–Crippen LogP) is 2.86. The van der Waals surface area contributed by atoms with Gasteiger partial charge in [0.15, 0.2) is 0 Å². The molecule has 1 aliphatic carbocycles. The molecule has 0 aliphatic heterocycles. The number of nitrogens with one attached hydrogen (secondary N) is 1. The number of rotatable bonds is 5. The van der Waals surface area contributed by atoms with Crippen LogP contribution in [0.3, 0.4) is 0 Å². The minimum Gasteiger partial charge on any atom is -0.308 e. The molecule has 0 spiro atoms. The van der Waals surface area contributed by atoms with Gasteiger partial charge in [0.05, 0.1) is 17.8 Å². The van der Waals surface area contributed by atoms with Gasteiger partial charge in [0.2, 0.25) is 0 Å². The van der Waals surface area contributed by atoms with Gasteiger partial charge < -0.3 is 5.32 Å². The summed E-state index contributed by atoms with van der Waals surface area (Å²) in [7, 11) is 0. The lowest BCUT2D eigenvalue weighted by molar-refractivity contribution is 0.637. The molecule has 1 saturated carbocycles. The molecule has 3 heteroatoms. The minimum atomic E-state index is 0.718. The minimum absolute atomic E-state index is 0.718. The molecule has 18 heavy (non-hydrogen) atoms. The number of hydrogen-bond acceptors (Lipinski definition) is 2. The van der Waals surface area contributed by atoms with Crippen molar-refractivity contribution in [2.24, 2.45) is 0 Å². The van der Waals surface area contributed by atoms with E-state index < -0.39 is 0 Å². The summed E-state index contributed by atoms with van der Waals surface area (Å²) in [6.45, 7) is 7.68. The quantitative estimate of drug-likeness (QED) is 0.816. The van der Waals surface area contributed by atoms with Crippen molar-refractivity contribution >= 4 is 10.9 Å². The first kappa shape index (κ1) is 11.5. The summed E-state index contributed by atoms with van der Waals surface area (Å²) < 4.78 is 2.06. The van der Waals surface area contributed by atoms with E-state index in [0.717, 1.165) is 30.4 Å². The van der Waals surface area contributed by atoms with E-state index >= 15 is 0 Å². The molecule has 1 heterocycles. The Labute approximate surface area is 107 Å². The number of nitrogens with zero attached hydrogens (tertiary/aromatic N) is 2. The molecule has 1 N–H and O–H groups in total. The van der Waals surface area contributed by atoms with Crippen LogP contribution in [0.1, 0.15) is 25.5 Å². The fourth-order valence-electron chi connectivity index (χ4n) is 2.23. The maximum atomic E-state index is 4.72. The van der Waals surface area contributed by atoms with E-state index in [-0.39, 0.29) is 0 Å². The molecule has 0 saturated heterocycles. The summed E-state index contributed by atoms with van der Waals surface area (Å²) in [5, 5.41) is 9.51. The Morgan fingerprint density at radius 2 is 2.22 bits per heavy atom. The normalized spacial score (nSPS) is 15.2. The van der Waals surface area contributed by atoms with Crippen LogP contribution >= 0.6 is 0 Å². The maximum Gasteiger partial charge on any atom is 0.0841 e. The Bertz CT molecular complexity index is 578. The summed E-state index contributed by atoms with van der Waals surface area (Å²) in [5.74, 6) is 0. The SMILES string of the molecule is C=C(C)Cn1nc(CNC2CC2)c2ccccc21. The van der Waals surface area contributed by atoms with Gasteiger partial charge in [0.1, 0.15) is 0 Å². The lowest BCUT2D eigenvalue weighted by atomic mass is 10.2. The highest BCUT2D eigenvalue weighted by atomic mass is 15.3. The Hall–Kier alpha value is -1.61. The average molecular weight is 241 g/mol. The zero-order chi connectivity index (χ0) is 12.5. The van der Waals surface area contributed by atoms with Crippen LogP contribution in [0.25, 0.3) is 10.9 Å². The molecular weight excluding hydrogens is 222 g/mol. The molecule has 1 aromatic heterocycles. The monoisotopic (exact) mass is 241 g/mol. The van der Waals surface area contributed by atoms with Crippen molar-refractivity contribution in [3.05, 3.63) is 42.1 Å². The Morgan fingerprint density at radius 1 is 1.44 bits per heavy atom. The van der Waals surface area contributed by atoms with Crippen LogP contribution in [0.5, 0.6) is 0 Å². The second kappa shape index (κ2) is 4.58. The number of fused-ring (bicyclic) bond motifs is 1. The fourth-order valence-corrected chi connectivity index (χ4v) is 2.23. The summed E-state index contributed by atoms with van der Waals surface area (Å²) >= 11 is 0. The molecule has 3 nitrogen and oxygen atoms in total. The van der Waals surface area contributed by atoms with E-state index in [1.807, 2.05) is 6.92 Å². The van der Waals surface area contributed by atoms with Crippen LogP contribution in [0.2, 0.25) is 0 Å². The van der Waals surface area contributed by atoms with E-state index in [1.54, 1.807) is 0 Å². The summed E-state index contributed by atoms with van der Waals surface area (Å²) in [6.07, 6.45) is 2.62. The van der Waals surface area contributed by atoms with E-state index in [0.29, 0.717) is 0 Å². The Balaban J connectivity index is 1.93. The van der Waals surface area contributed by atoms with Crippen LogP contribution in [0.4, 0.5) is 0 Å². The average Bonchev–Trinajstić information content (AvgIpc) is 3.11. The van der Waals surface area contributed by atoms with E-state index in [4.69, 9.17) is 5.10 Å². The van der Waals surface area contributed by atoms with Gasteiger partial charge in [-0.1, -0.05) is 30.4 Å². The molecule has 1 fully saturated rings. The zero-order valence-corrected chi connectivity index (χ0v) is 10.8. The molecule has 2 aromatic rings. The van der Waals surface area contributed by atoms with Gasteiger partial charge in [-0.25, -0.2) is 0 Å². The highest BCUT2D eigenvalue weighted by Gasteiger charge is 2.21. The lowest BCUT2D eigenvalue weighted by Crippen LogP contribution is -2.16. The van der Waals surface area contributed by atoms with Crippen molar-refractivity contribution < 1.29 is 0 Å². The van der Waals surface area contributed by atoms with Crippen LogP contribution in [0.15, 0.2) is 36.4 Å².